The second-order valence-electron chi connectivity index (χ2n) is 8.83. The number of nitrogens with one attached hydrogen (secondary N) is 1. The molecule has 0 unspecified atom stereocenters. The molecule has 1 N–H and O–H groups in total. The second kappa shape index (κ2) is 10.0. The van der Waals surface area contributed by atoms with Gasteiger partial charge in [0.15, 0.2) is 0 Å². The minimum atomic E-state index is 0.145. The molecule has 1 aliphatic heterocycles. The number of hydrogen-bond acceptors (Lipinski definition) is 3. The minimum Gasteiger partial charge on any atom is -0.348 e. The number of amides is 1. The van der Waals surface area contributed by atoms with E-state index in [4.69, 9.17) is 0 Å². The molecule has 0 bridgehead atoms. The first-order valence-electron chi connectivity index (χ1n) is 11.9. The SMILES string of the molecule is O=C(c1ccc2c(ccn2CCCc2cnc[nH]2)c1)N1CCN(CCc2ccccc2)CC1. The Morgan fingerprint density at radius 1 is 0.939 bits per heavy atom. The van der Waals surface area contributed by atoms with Gasteiger partial charge in [0, 0.05) is 73.8 Å². The number of benzene rings is 2. The van der Waals surface area contributed by atoms with Crippen LogP contribution in [0.2, 0.25) is 0 Å². The molecule has 0 radical (unpaired) electrons. The highest BCUT2D eigenvalue weighted by Gasteiger charge is 2.22. The van der Waals surface area contributed by atoms with Gasteiger partial charge in [0.1, 0.15) is 0 Å². The second-order valence-corrected chi connectivity index (χ2v) is 8.83. The monoisotopic (exact) mass is 441 g/mol. The van der Waals surface area contributed by atoms with Crippen molar-refractivity contribution in [1.82, 2.24) is 24.3 Å². The molecule has 33 heavy (non-hydrogen) atoms. The van der Waals surface area contributed by atoms with Crippen LogP contribution in [0.1, 0.15) is 28.0 Å². The van der Waals surface area contributed by atoms with Gasteiger partial charge in [0.05, 0.1) is 6.33 Å². The van der Waals surface area contributed by atoms with E-state index >= 15 is 0 Å². The third-order valence-electron chi connectivity index (χ3n) is 6.64. The summed E-state index contributed by atoms with van der Waals surface area (Å²) >= 11 is 0. The summed E-state index contributed by atoms with van der Waals surface area (Å²) in [6.45, 7) is 5.45. The Kier molecular flexibility index (Phi) is 6.53. The smallest absolute Gasteiger partial charge is 0.253 e. The van der Waals surface area contributed by atoms with Crippen LogP contribution in [0.4, 0.5) is 0 Å². The molecule has 1 amide bonds. The van der Waals surface area contributed by atoms with Crippen LogP contribution in [-0.4, -0.2) is 63.0 Å². The summed E-state index contributed by atoms with van der Waals surface area (Å²) in [6, 6.07) is 18.9. The van der Waals surface area contributed by atoms with Crippen molar-refractivity contribution in [2.75, 3.05) is 32.7 Å². The van der Waals surface area contributed by atoms with Gasteiger partial charge in [-0.15, -0.1) is 0 Å². The molecule has 3 heterocycles. The predicted octanol–water partition coefficient (Wildman–Crippen LogP) is 4.00. The largest absolute Gasteiger partial charge is 0.348 e. The van der Waals surface area contributed by atoms with Gasteiger partial charge in [-0.1, -0.05) is 30.3 Å². The average molecular weight is 442 g/mol. The highest BCUT2D eigenvalue weighted by molar-refractivity contribution is 5.98. The molecule has 1 fully saturated rings. The lowest BCUT2D eigenvalue weighted by atomic mass is 10.1. The lowest BCUT2D eigenvalue weighted by Crippen LogP contribution is -2.49. The number of fused-ring (bicyclic) bond motifs is 1. The highest BCUT2D eigenvalue weighted by Crippen LogP contribution is 2.20. The van der Waals surface area contributed by atoms with Crippen molar-refractivity contribution < 1.29 is 4.79 Å². The Morgan fingerprint density at radius 2 is 1.79 bits per heavy atom. The van der Waals surface area contributed by atoms with Crippen LogP contribution in [-0.2, 0) is 19.4 Å². The molecule has 0 spiro atoms. The Labute approximate surface area is 194 Å². The first-order valence-corrected chi connectivity index (χ1v) is 11.9. The maximum Gasteiger partial charge on any atom is 0.253 e. The molecule has 0 saturated carbocycles. The molecule has 4 aromatic rings. The van der Waals surface area contributed by atoms with Crippen LogP contribution in [0.25, 0.3) is 10.9 Å². The Balaban J connectivity index is 1.14. The molecule has 6 heteroatoms. The van der Waals surface area contributed by atoms with Gasteiger partial charge in [-0.3, -0.25) is 9.69 Å². The Bertz CT molecular complexity index is 1170. The molecule has 5 rings (SSSR count). The summed E-state index contributed by atoms with van der Waals surface area (Å²) in [4.78, 5) is 24.8. The lowest BCUT2D eigenvalue weighted by Gasteiger charge is -2.34. The number of imidazole rings is 1. The van der Waals surface area contributed by atoms with Crippen LogP contribution in [0.15, 0.2) is 73.3 Å². The number of aromatic amines is 1. The average Bonchev–Trinajstić information content (AvgIpc) is 3.53. The van der Waals surface area contributed by atoms with E-state index in [0.29, 0.717) is 0 Å². The van der Waals surface area contributed by atoms with Gasteiger partial charge in [0.25, 0.3) is 5.91 Å². The fraction of sp³-hybridized carbons (Fsp3) is 0.333. The molecule has 0 aliphatic carbocycles. The first kappa shape index (κ1) is 21.5. The molecular formula is C27H31N5O. The van der Waals surface area contributed by atoms with E-state index in [-0.39, 0.29) is 5.91 Å². The Morgan fingerprint density at radius 3 is 2.58 bits per heavy atom. The predicted molar refractivity (Wildman–Crippen MR) is 131 cm³/mol. The molecule has 0 atom stereocenters. The molecule has 1 saturated heterocycles. The van der Waals surface area contributed by atoms with E-state index in [9.17, 15) is 4.79 Å². The summed E-state index contributed by atoms with van der Waals surface area (Å²) in [6.07, 6.45) is 8.81. The minimum absolute atomic E-state index is 0.145. The molecule has 2 aromatic carbocycles. The quantitative estimate of drug-likeness (QED) is 0.450. The van der Waals surface area contributed by atoms with Crippen LogP contribution < -0.4 is 0 Å². The number of aromatic nitrogens is 3. The first-order chi connectivity index (χ1) is 16.3. The zero-order chi connectivity index (χ0) is 22.5. The van der Waals surface area contributed by atoms with E-state index in [2.05, 4.69) is 68.1 Å². The third kappa shape index (κ3) is 5.17. The van der Waals surface area contributed by atoms with E-state index in [1.807, 2.05) is 23.2 Å². The lowest BCUT2D eigenvalue weighted by molar-refractivity contribution is 0.0638. The van der Waals surface area contributed by atoms with E-state index in [1.54, 1.807) is 6.33 Å². The molecular weight excluding hydrogens is 410 g/mol. The van der Waals surface area contributed by atoms with Crippen molar-refractivity contribution in [1.29, 1.82) is 0 Å². The normalized spacial score (nSPS) is 14.7. The standard InChI is InChI=1S/C27H31N5O/c33-27(32-17-15-30(16-18-32)13-10-22-5-2-1-3-6-22)24-8-9-26-23(19-24)11-14-31(26)12-4-7-25-20-28-21-29-25/h1-3,5-6,8-9,11,14,19-21H,4,7,10,12-13,15-18H2,(H,28,29). The summed E-state index contributed by atoms with van der Waals surface area (Å²) in [7, 11) is 0. The van der Waals surface area contributed by atoms with E-state index < -0.39 is 0 Å². The summed E-state index contributed by atoms with van der Waals surface area (Å²) in [5.41, 5.74) is 4.51. The summed E-state index contributed by atoms with van der Waals surface area (Å²) in [5.74, 6) is 0.145. The maximum absolute atomic E-state index is 13.1. The topological polar surface area (TPSA) is 57.2 Å². The number of carbonyl (C=O) groups excluding carboxylic acids is 1. The summed E-state index contributed by atoms with van der Waals surface area (Å²) in [5, 5.41) is 1.13. The molecule has 2 aromatic heterocycles. The maximum atomic E-state index is 13.1. The van der Waals surface area contributed by atoms with Crippen molar-refractivity contribution in [3.8, 4) is 0 Å². The fourth-order valence-electron chi connectivity index (χ4n) is 4.68. The number of hydrogen-bond donors (Lipinski definition) is 1. The number of rotatable bonds is 8. The zero-order valence-corrected chi connectivity index (χ0v) is 19.0. The van der Waals surface area contributed by atoms with E-state index in [0.717, 1.165) is 69.5 Å². The van der Waals surface area contributed by atoms with Crippen molar-refractivity contribution in [3.63, 3.8) is 0 Å². The van der Waals surface area contributed by atoms with Crippen molar-refractivity contribution in [2.45, 2.75) is 25.8 Å². The molecule has 6 nitrogen and oxygen atoms in total. The van der Waals surface area contributed by atoms with Crippen molar-refractivity contribution in [3.05, 3.63) is 90.1 Å². The van der Waals surface area contributed by atoms with Crippen LogP contribution in [0.5, 0.6) is 0 Å². The molecule has 170 valence electrons. The number of nitrogens with zero attached hydrogens (tertiary/aromatic N) is 4. The van der Waals surface area contributed by atoms with Gasteiger partial charge in [-0.2, -0.15) is 0 Å². The Hall–Kier alpha value is -3.38. The van der Waals surface area contributed by atoms with Crippen LogP contribution >= 0.6 is 0 Å². The van der Waals surface area contributed by atoms with Crippen molar-refractivity contribution in [2.24, 2.45) is 0 Å². The van der Waals surface area contributed by atoms with Gasteiger partial charge in [-0.05, 0) is 49.1 Å². The van der Waals surface area contributed by atoms with E-state index in [1.165, 1.54) is 16.8 Å². The van der Waals surface area contributed by atoms with Gasteiger partial charge in [0.2, 0.25) is 0 Å². The number of aryl methyl sites for hydroxylation is 2. The third-order valence-corrected chi connectivity index (χ3v) is 6.64. The van der Waals surface area contributed by atoms with Gasteiger partial charge < -0.3 is 14.5 Å². The zero-order valence-electron chi connectivity index (χ0n) is 19.0. The van der Waals surface area contributed by atoms with Gasteiger partial charge >= 0.3 is 0 Å². The number of H-pyrrole nitrogens is 1. The van der Waals surface area contributed by atoms with Crippen LogP contribution in [0, 0.1) is 0 Å². The number of carbonyl (C=O) groups is 1. The summed E-state index contributed by atoms with van der Waals surface area (Å²) < 4.78 is 2.27. The van der Waals surface area contributed by atoms with Gasteiger partial charge in [-0.25, -0.2) is 4.98 Å². The van der Waals surface area contributed by atoms with Crippen molar-refractivity contribution >= 4 is 16.8 Å². The number of piperazine rings is 1. The molecule has 1 aliphatic rings. The van der Waals surface area contributed by atoms with Crippen LogP contribution in [0.3, 0.4) is 0 Å². The fourth-order valence-corrected chi connectivity index (χ4v) is 4.68. The highest BCUT2D eigenvalue weighted by atomic mass is 16.2.